The van der Waals surface area contributed by atoms with Gasteiger partial charge in [-0.3, -0.25) is 0 Å². The van der Waals surface area contributed by atoms with E-state index in [0.717, 1.165) is 80.4 Å². The van der Waals surface area contributed by atoms with Gasteiger partial charge in [-0.15, -0.1) is 11.8 Å². The molecule has 1 saturated heterocycles. The lowest BCUT2D eigenvalue weighted by Gasteiger charge is -2.36. The molecule has 8 heteroatoms. The lowest BCUT2D eigenvalue weighted by molar-refractivity contribution is -0.0328. The molecule has 2 aliphatic rings. The maximum Gasteiger partial charge on any atom is 0.142 e. The van der Waals surface area contributed by atoms with Gasteiger partial charge in [0, 0.05) is 57.9 Å². The molecule has 2 aliphatic heterocycles. The van der Waals surface area contributed by atoms with Crippen molar-refractivity contribution in [1.82, 2.24) is 5.32 Å². The van der Waals surface area contributed by atoms with Crippen molar-refractivity contribution in [3.63, 3.8) is 0 Å². The molecular weight excluding hydrogens is 488 g/mol. The number of piperidine rings is 1. The topological polar surface area (TPSA) is 72.4 Å². The van der Waals surface area contributed by atoms with Gasteiger partial charge in [0.2, 0.25) is 0 Å². The molecule has 2 aromatic rings. The first kappa shape index (κ1) is 28.2. The van der Waals surface area contributed by atoms with Crippen molar-refractivity contribution in [2.75, 3.05) is 70.9 Å². The summed E-state index contributed by atoms with van der Waals surface area (Å²) in [5, 5.41) is 14.2. The fraction of sp³-hybridized carbons (Fsp3) is 0.586. The van der Waals surface area contributed by atoms with Gasteiger partial charge in [0.05, 0.1) is 31.0 Å². The van der Waals surface area contributed by atoms with Gasteiger partial charge in [-0.1, -0.05) is 18.2 Å². The summed E-state index contributed by atoms with van der Waals surface area (Å²) in [6.07, 6.45) is 2.61. The molecule has 0 spiro atoms. The predicted molar refractivity (Wildman–Crippen MR) is 149 cm³/mol. The molecule has 0 saturated carbocycles. The second-order valence-corrected chi connectivity index (χ2v) is 10.9. The number of hydrogen-bond acceptors (Lipinski definition) is 8. The molecule has 2 aromatic carbocycles. The molecule has 0 aromatic heterocycles. The summed E-state index contributed by atoms with van der Waals surface area (Å²) in [6.45, 7) is 5.88. The summed E-state index contributed by atoms with van der Waals surface area (Å²) in [5.74, 6) is 1.95. The number of benzene rings is 2. The van der Waals surface area contributed by atoms with Crippen LogP contribution in [0.1, 0.15) is 36.3 Å². The zero-order chi connectivity index (χ0) is 25.9. The van der Waals surface area contributed by atoms with Crippen LogP contribution in [0.2, 0.25) is 0 Å². The Balaban J connectivity index is 1.37. The predicted octanol–water partition coefficient (Wildman–Crippen LogP) is 4.07. The molecule has 2 heterocycles. The first-order valence-corrected chi connectivity index (χ1v) is 14.4. The lowest BCUT2D eigenvalue weighted by Crippen LogP contribution is -2.49. The van der Waals surface area contributed by atoms with Crippen molar-refractivity contribution in [2.24, 2.45) is 0 Å². The smallest absolute Gasteiger partial charge is 0.142 e. The molecule has 204 valence electrons. The van der Waals surface area contributed by atoms with E-state index < -0.39 is 6.10 Å². The third-order valence-corrected chi connectivity index (χ3v) is 8.11. The highest BCUT2D eigenvalue weighted by atomic mass is 32.2. The van der Waals surface area contributed by atoms with Gasteiger partial charge >= 0.3 is 0 Å². The number of aliphatic hydroxyl groups excluding tert-OH is 1. The summed E-state index contributed by atoms with van der Waals surface area (Å²) in [6, 6.07) is 15.0. The first-order chi connectivity index (χ1) is 18.2. The zero-order valence-corrected chi connectivity index (χ0v) is 23.0. The number of fused-ring (bicyclic) bond motifs is 1. The number of ether oxygens (including phenoxy) is 4. The van der Waals surface area contributed by atoms with Gasteiger partial charge in [-0.25, -0.2) is 0 Å². The van der Waals surface area contributed by atoms with Crippen LogP contribution in [0.3, 0.4) is 0 Å². The third kappa shape index (κ3) is 8.09. The number of nitrogens with one attached hydrogen (secondary N) is 1. The number of nitrogens with zero attached hydrogens (tertiary/aromatic N) is 1. The minimum atomic E-state index is -0.487. The van der Waals surface area contributed by atoms with Gasteiger partial charge in [0.1, 0.15) is 12.4 Å². The maximum absolute atomic E-state index is 10.9. The van der Waals surface area contributed by atoms with Crippen molar-refractivity contribution in [3.8, 4) is 5.75 Å². The molecule has 37 heavy (non-hydrogen) atoms. The molecule has 0 amide bonds. The minimum Gasteiger partial charge on any atom is -0.490 e. The van der Waals surface area contributed by atoms with Crippen LogP contribution in [0.4, 0.5) is 5.69 Å². The number of aliphatic hydroxyl groups is 1. The first-order valence-electron chi connectivity index (χ1n) is 13.4. The lowest BCUT2D eigenvalue weighted by atomic mass is 9.85. The van der Waals surface area contributed by atoms with Crippen molar-refractivity contribution < 1.29 is 24.1 Å². The molecule has 2 N–H and O–H groups in total. The standard InChI is InChI=1S/C29H42N2O5S/c1-33-14-3-4-17-37-24-9-7-23(8-10-24)29-26(32)19-30-20-28(29)36-21-22-6-11-27-25(18-22)31(13-16-35-27)12-5-15-34-2/h6-11,18,26,28-30,32H,3-5,12-17,19-21H2,1-2H3/t26-,28+,29+/m1/s1. The van der Waals surface area contributed by atoms with Crippen molar-refractivity contribution >= 4 is 17.4 Å². The second kappa shape index (κ2) is 15.0. The van der Waals surface area contributed by atoms with E-state index in [1.807, 2.05) is 17.8 Å². The molecule has 0 aliphatic carbocycles. The molecule has 0 bridgehead atoms. The number of rotatable bonds is 14. The van der Waals surface area contributed by atoms with Crippen molar-refractivity contribution in [3.05, 3.63) is 53.6 Å². The Hall–Kier alpha value is -1.81. The van der Waals surface area contributed by atoms with E-state index in [2.05, 4.69) is 46.6 Å². The van der Waals surface area contributed by atoms with E-state index in [1.54, 1.807) is 14.2 Å². The van der Waals surface area contributed by atoms with Crippen molar-refractivity contribution in [1.29, 1.82) is 0 Å². The Morgan fingerprint density at radius 3 is 2.65 bits per heavy atom. The van der Waals surface area contributed by atoms with Crippen LogP contribution in [-0.4, -0.2) is 83.3 Å². The van der Waals surface area contributed by atoms with Gasteiger partial charge < -0.3 is 34.3 Å². The van der Waals surface area contributed by atoms with Gasteiger partial charge in [0.15, 0.2) is 0 Å². The van der Waals surface area contributed by atoms with E-state index in [-0.39, 0.29) is 12.0 Å². The Morgan fingerprint density at radius 1 is 1.03 bits per heavy atom. The van der Waals surface area contributed by atoms with Crippen LogP contribution in [-0.2, 0) is 20.8 Å². The Kier molecular flexibility index (Phi) is 11.4. The second-order valence-electron chi connectivity index (χ2n) is 9.70. The van der Waals surface area contributed by atoms with E-state index in [4.69, 9.17) is 18.9 Å². The summed E-state index contributed by atoms with van der Waals surface area (Å²) < 4.78 is 22.7. The number of β-amino-alcohol motifs (C(OH)–C–C–N with tert-alkyl or cyclic N) is 1. The van der Waals surface area contributed by atoms with Crippen LogP contribution < -0.4 is 15.0 Å². The van der Waals surface area contributed by atoms with Crippen LogP contribution >= 0.6 is 11.8 Å². The number of anilines is 1. The maximum atomic E-state index is 10.9. The quantitative estimate of drug-likeness (QED) is 0.280. The van der Waals surface area contributed by atoms with Gasteiger partial charge in [-0.05, 0) is 60.4 Å². The van der Waals surface area contributed by atoms with E-state index in [0.29, 0.717) is 19.8 Å². The monoisotopic (exact) mass is 530 g/mol. The minimum absolute atomic E-state index is 0.0616. The third-order valence-electron chi connectivity index (χ3n) is 7.01. The van der Waals surface area contributed by atoms with Crippen LogP contribution in [0.15, 0.2) is 47.4 Å². The largest absolute Gasteiger partial charge is 0.490 e. The zero-order valence-electron chi connectivity index (χ0n) is 22.2. The highest BCUT2D eigenvalue weighted by Gasteiger charge is 2.34. The molecule has 0 radical (unpaired) electrons. The number of thioether (sulfide) groups is 1. The number of methoxy groups -OCH3 is 2. The van der Waals surface area contributed by atoms with E-state index in [1.165, 1.54) is 4.90 Å². The molecule has 7 nitrogen and oxygen atoms in total. The fourth-order valence-corrected chi connectivity index (χ4v) is 5.96. The number of hydrogen-bond donors (Lipinski definition) is 2. The van der Waals surface area contributed by atoms with Gasteiger partial charge in [-0.2, -0.15) is 0 Å². The summed E-state index contributed by atoms with van der Waals surface area (Å²) in [7, 11) is 3.49. The average molecular weight is 531 g/mol. The molecule has 3 atom stereocenters. The van der Waals surface area contributed by atoms with Crippen LogP contribution in [0.25, 0.3) is 0 Å². The SMILES string of the molecule is COCCCCSc1ccc([C@H]2[C@H](O)CNC[C@@H]2OCc2ccc3c(c2)N(CCCOC)CCO3)cc1. The van der Waals surface area contributed by atoms with E-state index >= 15 is 0 Å². The molecule has 4 rings (SSSR count). The van der Waals surface area contributed by atoms with Crippen LogP contribution in [0, 0.1) is 0 Å². The molecule has 0 unspecified atom stereocenters. The van der Waals surface area contributed by atoms with Gasteiger partial charge in [0.25, 0.3) is 0 Å². The highest BCUT2D eigenvalue weighted by Crippen LogP contribution is 2.34. The number of unbranched alkanes of at least 4 members (excludes halogenated alkanes) is 1. The molecule has 1 fully saturated rings. The summed E-state index contributed by atoms with van der Waals surface area (Å²) in [4.78, 5) is 3.63. The Labute approximate surface area is 225 Å². The fourth-order valence-electron chi connectivity index (χ4n) is 5.04. The summed E-state index contributed by atoms with van der Waals surface area (Å²) in [5.41, 5.74) is 3.36. The summed E-state index contributed by atoms with van der Waals surface area (Å²) >= 11 is 1.87. The van der Waals surface area contributed by atoms with Crippen LogP contribution in [0.5, 0.6) is 5.75 Å². The normalized spacial score (nSPS) is 21.5. The molecular formula is C29H42N2O5S. The average Bonchev–Trinajstić information content (AvgIpc) is 2.92. The van der Waals surface area contributed by atoms with Crippen molar-refractivity contribution in [2.45, 2.75) is 48.9 Å². The Bertz CT molecular complexity index is 944. The van der Waals surface area contributed by atoms with E-state index in [9.17, 15) is 5.11 Å². The Morgan fingerprint density at radius 2 is 1.84 bits per heavy atom. The highest BCUT2D eigenvalue weighted by molar-refractivity contribution is 7.99.